The number of rotatable bonds is 7. The molecule has 0 aromatic heterocycles. The van der Waals surface area contributed by atoms with Crippen LogP contribution in [0.4, 0.5) is 0 Å². The largest absolute Gasteiger partial charge is 0.357 e. The monoisotopic (exact) mass is 385 g/mol. The number of hydrogen-bond acceptors (Lipinski definition) is 4. The Labute approximate surface area is 160 Å². The van der Waals surface area contributed by atoms with Crippen molar-refractivity contribution in [3.63, 3.8) is 0 Å². The first kappa shape index (κ1) is 21.2. The Balaban J connectivity index is 1.78. The van der Waals surface area contributed by atoms with E-state index in [1.165, 1.54) is 0 Å². The Kier molecular flexibility index (Phi) is 7.88. The zero-order valence-electron chi connectivity index (χ0n) is 16.7. The Bertz CT molecular complexity index is 520. The molecular weight excluding hydrogens is 350 g/mol. The fraction of sp³-hybridized carbons (Fsp3) is 0.889. The molecule has 1 unspecified atom stereocenters. The molecule has 2 aliphatic rings. The minimum atomic E-state index is -0.881. The first-order valence-electron chi connectivity index (χ1n) is 9.73. The summed E-state index contributed by atoms with van der Waals surface area (Å²) in [6.45, 7) is 13.3. The Morgan fingerprint density at radius 3 is 2.38 bits per heavy atom. The summed E-state index contributed by atoms with van der Waals surface area (Å²) in [5, 5.41) is 6.38. The standard InChI is InChI=1S/C18H35N5O2S/c1-5-19-17(20-8-13-26(25)18(2,3)4)23-11-9-22(10-12-23)14-16(24)21-15-6-7-15/h15H,5-14H2,1-4H3,(H,19,20)(H,21,24). The zero-order chi connectivity index (χ0) is 19.2. The third kappa shape index (κ3) is 7.23. The van der Waals surface area contributed by atoms with Gasteiger partial charge in [-0.1, -0.05) is 0 Å². The molecular formula is C18H35N5O2S. The van der Waals surface area contributed by atoms with Gasteiger partial charge in [-0.2, -0.15) is 0 Å². The van der Waals surface area contributed by atoms with E-state index in [9.17, 15) is 9.00 Å². The number of nitrogens with one attached hydrogen (secondary N) is 2. The van der Waals surface area contributed by atoms with Crippen molar-refractivity contribution in [3.05, 3.63) is 0 Å². The highest BCUT2D eigenvalue weighted by molar-refractivity contribution is 7.86. The van der Waals surface area contributed by atoms with Crippen molar-refractivity contribution >= 4 is 22.7 Å². The molecule has 1 aliphatic carbocycles. The minimum absolute atomic E-state index is 0.145. The first-order chi connectivity index (χ1) is 12.3. The molecule has 0 spiro atoms. The Morgan fingerprint density at radius 1 is 1.19 bits per heavy atom. The predicted molar refractivity (Wildman–Crippen MR) is 108 cm³/mol. The highest BCUT2D eigenvalue weighted by Crippen LogP contribution is 2.18. The lowest BCUT2D eigenvalue weighted by molar-refractivity contribution is -0.122. The number of amides is 1. The van der Waals surface area contributed by atoms with Crippen LogP contribution in [0.25, 0.3) is 0 Å². The molecule has 0 bridgehead atoms. The molecule has 1 heterocycles. The second-order valence-electron chi connectivity index (χ2n) is 8.00. The molecule has 8 heteroatoms. The summed E-state index contributed by atoms with van der Waals surface area (Å²) < 4.78 is 12.0. The van der Waals surface area contributed by atoms with Crippen LogP contribution in [0.5, 0.6) is 0 Å². The van der Waals surface area contributed by atoms with Gasteiger partial charge in [-0.15, -0.1) is 0 Å². The van der Waals surface area contributed by atoms with Crippen molar-refractivity contribution < 1.29 is 9.00 Å². The van der Waals surface area contributed by atoms with Gasteiger partial charge in [0.2, 0.25) is 5.91 Å². The molecule has 1 saturated heterocycles. The first-order valence-corrected chi connectivity index (χ1v) is 11.0. The van der Waals surface area contributed by atoms with Crippen molar-refractivity contribution in [2.24, 2.45) is 4.99 Å². The zero-order valence-corrected chi connectivity index (χ0v) is 17.5. The third-order valence-corrected chi connectivity index (χ3v) is 6.46. The maximum atomic E-state index is 12.2. The van der Waals surface area contributed by atoms with Gasteiger partial charge in [-0.05, 0) is 40.5 Å². The number of piperazine rings is 1. The van der Waals surface area contributed by atoms with Gasteiger partial charge in [0.25, 0.3) is 0 Å². The van der Waals surface area contributed by atoms with Gasteiger partial charge in [0.15, 0.2) is 5.96 Å². The smallest absolute Gasteiger partial charge is 0.234 e. The van der Waals surface area contributed by atoms with E-state index >= 15 is 0 Å². The van der Waals surface area contributed by atoms with Gasteiger partial charge in [-0.25, -0.2) is 0 Å². The molecule has 1 atom stereocenters. The van der Waals surface area contributed by atoms with Crippen LogP contribution >= 0.6 is 0 Å². The van der Waals surface area contributed by atoms with Crippen LogP contribution < -0.4 is 10.6 Å². The van der Waals surface area contributed by atoms with Crippen LogP contribution in [0, 0.1) is 0 Å². The maximum Gasteiger partial charge on any atom is 0.234 e. The average molecular weight is 386 g/mol. The average Bonchev–Trinajstić information content (AvgIpc) is 3.37. The van der Waals surface area contributed by atoms with Crippen LogP contribution in [0.1, 0.15) is 40.5 Å². The van der Waals surface area contributed by atoms with Crippen molar-refractivity contribution in [1.29, 1.82) is 0 Å². The highest BCUT2D eigenvalue weighted by Gasteiger charge is 2.26. The summed E-state index contributed by atoms with van der Waals surface area (Å²) in [7, 11) is -0.881. The van der Waals surface area contributed by atoms with E-state index in [1.807, 2.05) is 20.8 Å². The van der Waals surface area contributed by atoms with Gasteiger partial charge in [0, 0.05) is 60.1 Å². The van der Waals surface area contributed by atoms with Crippen LogP contribution in [-0.4, -0.2) is 88.2 Å². The van der Waals surface area contributed by atoms with Gasteiger partial charge in [0.1, 0.15) is 0 Å². The second-order valence-corrected chi connectivity index (χ2v) is 10.3. The van der Waals surface area contributed by atoms with Crippen molar-refractivity contribution in [1.82, 2.24) is 20.4 Å². The van der Waals surface area contributed by atoms with E-state index in [0.29, 0.717) is 24.9 Å². The number of hydrogen-bond donors (Lipinski definition) is 2. The molecule has 7 nitrogen and oxygen atoms in total. The molecule has 1 saturated carbocycles. The Morgan fingerprint density at radius 2 is 1.85 bits per heavy atom. The fourth-order valence-electron chi connectivity index (χ4n) is 2.79. The van der Waals surface area contributed by atoms with Gasteiger partial charge >= 0.3 is 0 Å². The molecule has 2 N–H and O–H groups in total. The van der Waals surface area contributed by atoms with Crippen LogP contribution in [0.3, 0.4) is 0 Å². The summed E-state index contributed by atoms with van der Waals surface area (Å²) in [6.07, 6.45) is 2.25. The second kappa shape index (κ2) is 9.69. The SMILES string of the molecule is CCNC(=NCCS(=O)C(C)(C)C)N1CCN(CC(=O)NC2CC2)CC1. The van der Waals surface area contributed by atoms with Crippen LogP contribution in [0.2, 0.25) is 0 Å². The van der Waals surface area contributed by atoms with E-state index in [-0.39, 0.29) is 10.7 Å². The van der Waals surface area contributed by atoms with Crippen LogP contribution in [-0.2, 0) is 15.6 Å². The molecule has 150 valence electrons. The van der Waals surface area contributed by atoms with E-state index in [1.54, 1.807) is 0 Å². The van der Waals surface area contributed by atoms with E-state index in [4.69, 9.17) is 0 Å². The topological polar surface area (TPSA) is 77.0 Å². The Hall–Kier alpha value is -1.15. The molecule has 1 aliphatic heterocycles. The van der Waals surface area contributed by atoms with Crippen molar-refractivity contribution in [3.8, 4) is 0 Å². The summed E-state index contributed by atoms with van der Waals surface area (Å²) in [6, 6.07) is 0.426. The molecule has 1 amide bonds. The van der Waals surface area contributed by atoms with E-state index < -0.39 is 10.8 Å². The van der Waals surface area contributed by atoms with Gasteiger partial charge < -0.3 is 15.5 Å². The third-order valence-electron chi connectivity index (χ3n) is 4.54. The summed E-state index contributed by atoms with van der Waals surface area (Å²) in [4.78, 5) is 21.0. The predicted octanol–water partition coefficient (Wildman–Crippen LogP) is 0.395. The lowest BCUT2D eigenvalue weighted by Gasteiger charge is -2.36. The minimum Gasteiger partial charge on any atom is -0.357 e. The summed E-state index contributed by atoms with van der Waals surface area (Å²) in [5.41, 5.74) is 0. The quantitative estimate of drug-likeness (QED) is 0.490. The number of aliphatic imine (C=N–C) groups is 1. The van der Waals surface area contributed by atoms with Gasteiger partial charge in [-0.3, -0.25) is 18.9 Å². The summed E-state index contributed by atoms with van der Waals surface area (Å²) in [5.74, 6) is 1.62. The molecule has 0 aromatic carbocycles. The van der Waals surface area contributed by atoms with E-state index in [0.717, 1.165) is 51.5 Å². The number of guanidine groups is 1. The normalized spacial score (nSPS) is 20.8. The molecule has 2 fully saturated rings. The molecule has 26 heavy (non-hydrogen) atoms. The fourth-order valence-corrected chi connectivity index (χ4v) is 3.66. The van der Waals surface area contributed by atoms with Gasteiger partial charge in [0.05, 0.1) is 13.1 Å². The lowest BCUT2D eigenvalue weighted by Crippen LogP contribution is -2.54. The number of carbonyl (C=O) groups is 1. The number of nitrogens with zero attached hydrogens (tertiary/aromatic N) is 3. The van der Waals surface area contributed by atoms with E-state index in [2.05, 4.69) is 32.3 Å². The molecule has 0 radical (unpaired) electrons. The molecule has 2 rings (SSSR count). The maximum absolute atomic E-state index is 12.2. The highest BCUT2D eigenvalue weighted by atomic mass is 32.2. The van der Waals surface area contributed by atoms with Crippen molar-refractivity contribution in [2.45, 2.75) is 51.3 Å². The number of carbonyl (C=O) groups excluding carboxylic acids is 1. The summed E-state index contributed by atoms with van der Waals surface area (Å²) >= 11 is 0. The van der Waals surface area contributed by atoms with Crippen LogP contribution in [0.15, 0.2) is 4.99 Å². The lowest BCUT2D eigenvalue weighted by atomic mass is 10.3. The molecule has 0 aromatic rings. The van der Waals surface area contributed by atoms with Crippen molar-refractivity contribution in [2.75, 3.05) is 51.6 Å².